The topological polar surface area (TPSA) is 228 Å². The Morgan fingerprint density at radius 2 is 1.10 bits per heavy atom. The second-order valence-corrected chi connectivity index (χ2v) is 16.2. The Morgan fingerprint density at radius 3 is 1.69 bits per heavy atom. The lowest BCUT2D eigenvalue weighted by molar-refractivity contribution is -0.359. The summed E-state index contributed by atoms with van der Waals surface area (Å²) in [5.74, 6) is -0.252. The molecule has 2 fully saturated rings. The smallest absolute Gasteiger partial charge is 0.220 e. The van der Waals surface area contributed by atoms with E-state index in [1.54, 1.807) is 6.08 Å². The molecule has 58 heavy (non-hydrogen) atoms. The zero-order chi connectivity index (χ0) is 42.5. The second-order valence-electron chi connectivity index (χ2n) is 16.2. The molecule has 0 aromatic rings. The fourth-order valence-corrected chi connectivity index (χ4v) is 7.36. The Bertz CT molecular complexity index is 1080. The number of aliphatic hydroxyl groups excluding tert-OH is 8. The molecular weight excluding hydrogens is 750 g/mol. The molecule has 9 N–H and O–H groups in total. The summed E-state index contributed by atoms with van der Waals surface area (Å²) in [6, 6.07) is -0.923. The van der Waals surface area contributed by atoms with Crippen LogP contribution in [0.4, 0.5) is 0 Å². The largest absolute Gasteiger partial charge is 0.394 e. The van der Waals surface area contributed by atoms with Gasteiger partial charge in [-0.05, 0) is 32.1 Å². The first kappa shape index (κ1) is 52.6. The van der Waals surface area contributed by atoms with Crippen molar-refractivity contribution in [2.24, 2.45) is 0 Å². The minimum absolute atomic E-state index is 0.252. The van der Waals surface area contributed by atoms with Gasteiger partial charge in [0.2, 0.25) is 5.91 Å². The molecule has 0 aliphatic carbocycles. The molecule has 0 radical (unpaired) electrons. The molecule has 12 unspecified atom stereocenters. The second kappa shape index (κ2) is 32.2. The van der Waals surface area contributed by atoms with Crippen LogP contribution in [0.1, 0.15) is 155 Å². The van der Waals surface area contributed by atoms with Gasteiger partial charge >= 0.3 is 0 Å². The summed E-state index contributed by atoms with van der Waals surface area (Å²) in [5.41, 5.74) is 0. The van der Waals surface area contributed by atoms with E-state index in [0.717, 1.165) is 32.1 Å². The Hall–Kier alpha value is -1.53. The highest BCUT2D eigenvalue weighted by Crippen LogP contribution is 2.30. The van der Waals surface area contributed by atoms with Gasteiger partial charge in [0, 0.05) is 6.42 Å². The summed E-state index contributed by atoms with van der Waals surface area (Å²) in [6.07, 6.45) is 15.2. The third-order valence-corrected chi connectivity index (χ3v) is 11.1. The van der Waals surface area contributed by atoms with Gasteiger partial charge in [0.05, 0.1) is 32.0 Å². The van der Waals surface area contributed by atoms with Crippen LogP contribution in [0.5, 0.6) is 0 Å². The molecule has 12 atom stereocenters. The maximum atomic E-state index is 13.1. The first-order chi connectivity index (χ1) is 28.1. The maximum Gasteiger partial charge on any atom is 0.220 e. The van der Waals surface area contributed by atoms with Crippen molar-refractivity contribution in [3.63, 3.8) is 0 Å². The fourth-order valence-electron chi connectivity index (χ4n) is 7.36. The van der Waals surface area contributed by atoms with Crippen molar-refractivity contribution in [2.45, 2.75) is 229 Å². The van der Waals surface area contributed by atoms with Crippen molar-refractivity contribution >= 4 is 5.91 Å². The van der Waals surface area contributed by atoms with Crippen LogP contribution < -0.4 is 5.32 Å². The molecule has 0 bridgehead atoms. The number of unbranched alkanes of at least 4 members (excludes halogenated alkanes) is 18. The van der Waals surface area contributed by atoms with Gasteiger partial charge in [-0.2, -0.15) is 0 Å². The van der Waals surface area contributed by atoms with Crippen molar-refractivity contribution in [3.8, 4) is 0 Å². The van der Waals surface area contributed by atoms with Crippen molar-refractivity contribution in [3.05, 3.63) is 24.3 Å². The van der Waals surface area contributed by atoms with Crippen LogP contribution in [0.3, 0.4) is 0 Å². The van der Waals surface area contributed by atoms with Crippen LogP contribution >= 0.6 is 0 Å². The Morgan fingerprint density at radius 1 is 0.603 bits per heavy atom. The monoisotopic (exact) mass is 832 g/mol. The minimum atomic E-state index is -1.79. The van der Waals surface area contributed by atoms with Gasteiger partial charge in [0.15, 0.2) is 12.6 Å². The number of ether oxygens (including phenoxy) is 4. The number of carbonyl (C=O) groups is 1. The summed E-state index contributed by atoms with van der Waals surface area (Å²) >= 11 is 0. The van der Waals surface area contributed by atoms with Crippen LogP contribution in [0, 0.1) is 0 Å². The van der Waals surface area contributed by atoms with Gasteiger partial charge in [-0.1, -0.05) is 141 Å². The van der Waals surface area contributed by atoms with Gasteiger partial charge in [0.1, 0.15) is 48.8 Å². The van der Waals surface area contributed by atoms with Crippen LogP contribution in [0.25, 0.3) is 0 Å². The van der Waals surface area contributed by atoms with E-state index in [0.29, 0.717) is 12.8 Å². The fraction of sp³-hybridized carbons (Fsp3) is 0.886. The summed E-state index contributed by atoms with van der Waals surface area (Å²) in [7, 11) is 0. The number of allylic oxidation sites excluding steroid dienone is 3. The van der Waals surface area contributed by atoms with E-state index in [1.807, 2.05) is 6.08 Å². The maximum absolute atomic E-state index is 13.1. The lowest BCUT2D eigenvalue weighted by Gasteiger charge is -2.46. The first-order valence-electron chi connectivity index (χ1n) is 22.6. The quantitative estimate of drug-likeness (QED) is 0.0334. The molecule has 14 nitrogen and oxygen atoms in total. The van der Waals surface area contributed by atoms with Crippen LogP contribution in [0.2, 0.25) is 0 Å². The van der Waals surface area contributed by atoms with E-state index in [9.17, 15) is 45.6 Å². The molecule has 340 valence electrons. The number of carbonyl (C=O) groups excluding carboxylic acids is 1. The summed E-state index contributed by atoms with van der Waals surface area (Å²) < 4.78 is 22.6. The summed E-state index contributed by atoms with van der Waals surface area (Å²) in [6.45, 7) is 2.71. The van der Waals surface area contributed by atoms with Gasteiger partial charge < -0.3 is 65.1 Å². The zero-order valence-corrected chi connectivity index (χ0v) is 35.5. The molecule has 2 saturated heterocycles. The number of amides is 1. The number of hydrogen-bond acceptors (Lipinski definition) is 13. The highest BCUT2D eigenvalue weighted by molar-refractivity contribution is 5.76. The predicted octanol–water partition coefficient (Wildman–Crippen LogP) is 4.21. The third kappa shape index (κ3) is 20.4. The molecule has 14 heteroatoms. The molecule has 2 heterocycles. The molecule has 2 aliphatic rings. The number of hydrogen-bond donors (Lipinski definition) is 9. The molecule has 1 amide bonds. The van der Waals surface area contributed by atoms with Crippen molar-refractivity contribution in [1.82, 2.24) is 5.32 Å². The van der Waals surface area contributed by atoms with Gasteiger partial charge in [-0.25, -0.2) is 0 Å². The zero-order valence-electron chi connectivity index (χ0n) is 35.5. The molecule has 2 aliphatic heterocycles. The highest BCUT2D eigenvalue weighted by atomic mass is 16.7. The predicted molar refractivity (Wildman–Crippen MR) is 221 cm³/mol. The summed E-state index contributed by atoms with van der Waals surface area (Å²) in [4.78, 5) is 13.1. The Kier molecular flexibility index (Phi) is 29.2. The standard InChI is InChI=1S/C44H81NO13/c1-3-5-7-9-11-13-15-16-18-20-22-24-26-28-36(49)45-32(33(48)27-25-23-21-19-17-14-12-10-8-6-4-2)31-55-43-41(54)39(52)42(35(30-47)57-43)58-44-40(53)38(51)37(50)34(29-46)56-44/h17,19,25,27,32-35,37-44,46-48,50-54H,3-16,18,20-24,26,28-31H2,1-2H3,(H,45,49)/b19-17+,27-25+. The molecule has 0 aromatic carbocycles. The van der Waals surface area contributed by atoms with Gasteiger partial charge in [0.25, 0.3) is 0 Å². The number of rotatable bonds is 33. The third-order valence-electron chi connectivity index (χ3n) is 11.1. The van der Waals surface area contributed by atoms with E-state index in [-0.39, 0.29) is 18.9 Å². The lowest BCUT2D eigenvalue weighted by Crippen LogP contribution is -2.65. The number of nitrogens with one attached hydrogen (secondary N) is 1. The normalized spacial score (nSPS) is 29.0. The molecule has 2 rings (SSSR count). The Balaban J connectivity index is 1.92. The average Bonchev–Trinajstić information content (AvgIpc) is 3.22. The van der Waals surface area contributed by atoms with Crippen molar-refractivity contribution < 1.29 is 64.6 Å². The van der Waals surface area contributed by atoms with Crippen LogP contribution in [-0.4, -0.2) is 140 Å². The number of aliphatic hydroxyl groups is 8. The average molecular weight is 832 g/mol. The van der Waals surface area contributed by atoms with E-state index in [2.05, 4.69) is 31.3 Å². The van der Waals surface area contributed by atoms with E-state index >= 15 is 0 Å². The van der Waals surface area contributed by atoms with Crippen molar-refractivity contribution in [2.75, 3.05) is 19.8 Å². The first-order valence-corrected chi connectivity index (χ1v) is 22.6. The minimum Gasteiger partial charge on any atom is -0.394 e. The van der Waals surface area contributed by atoms with Gasteiger partial charge in [-0.3, -0.25) is 4.79 Å². The van der Waals surface area contributed by atoms with Crippen LogP contribution in [-0.2, 0) is 23.7 Å². The Labute approximate surface area is 348 Å². The highest BCUT2D eigenvalue weighted by Gasteiger charge is 2.50. The van der Waals surface area contributed by atoms with E-state index < -0.39 is 86.8 Å². The molecule has 0 aromatic heterocycles. The molecular formula is C44H81NO13. The van der Waals surface area contributed by atoms with Crippen LogP contribution in [0.15, 0.2) is 24.3 Å². The summed E-state index contributed by atoms with van der Waals surface area (Å²) in [5, 5.41) is 86.3. The lowest BCUT2D eigenvalue weighted by atomic mass is 9.97. The van der Waals surface area contributed by atoms with E-state index in [1.165, 1.54) is 89.9 Å². The van der Waals surface area contributed by atoms with Gasteiger partial charge in [-0.15, -0.1) is 0 Å². The van der Waals surface area contributed by atoms with Crippen molar-refractivity contribution in [1.29, 1.82) is 0 Å². The SMILES string of the molecule is CCCCCCC/C=C/CC/C=C/C(O)C(COC1OC(CO)C(OC2OC(CO)C(O)C(O)C2O)C(O)C1O)NC(=O)CCCCCCCCCCCCCCC. The van der Waals surface area contributed by atoms with E-state index in [4.69, 9.17) is 18.9 Å². The molecule has 0 saturated carbocycles. The molecule has 0 spiro atoms.